The Balaban J connectivity index is 0.00000182. The number of nitrogens with one attached hydrogen (secondary N) is 1. The van der Waals surface area contributed by atoms with Gasteiger partial charge in [-0.2, -0.15) is 0 Å². The Morgan fingerprint density at radius 3 is 2.92 bits per heavy atom. The minimum Gasteiger partial charge on any atom is -0.384 e. The third kappa shape index (κ3) is 4.63. The molecule has 0 aromatic carbocycles. The molecule has 1 aliphatic carbocycles. The molecule has 0 bridgehead atoms. The van der Waals surface area contributed by atoms with Crippen LogP contribution in [0.25, 0.3) is 0 Å². The Hall–Kier alpha value is -1.37. The van der Waals surface area contributed by atoms with Crippen LogP contribution in [0, 0.1) is 0 Å². The van der Waals surface area contributed by atoms with Crippen LogP contribution >= 0.6 is 23.7 Å². The van der Waals surface area contributed by atoms with E-state index in [9.17, 15) is 0 Å². The molecule has 0 amide bonds. The molecule has 1 atom stereocenters. The van der Waals surface area contributed by atoms with Crippen LogP contribution in [0.15, 0.2) is 18.3 Å². The minimum absolute atomic E-state index is 0. The average molecular weight is 380 g/mol. The van der Waals surface area contributed by atoms with Crippen molar-refractivity contribution in [2.45, 2.75) is 51.1 Å². The van der Waals surface area contributed by atoms with Crippen LogP contribution in [0.2, 0.25) is 0 Å². The molecule has 2 aromatic heterocycles. The molecule has 4 rings (SSSR count). The summed E-state index contributed by atoms with van der Waals surface area (Å²) in [6.07, 6.45) is 9.15. The number of nitrogens with two attached hydrogens (primary N) is 1. The fourth-order valence-corrected chi connectivity index (χ4v) is 4.89. The molecule has 1 fully saturated rings. The van der Waals surface area contributed by atoms with E-state index < -0.39 is 0 Å². The molecule has 7 heteroatoms. The number of hydrogen-bond acceptors (Lipinski definition) is 6. The fraction of sp³-hybridized carbons (Fsp3) is 0.556. The lowest BCUT2D eigenvalue weighted by Gasteiger charge is -2.19. The average Bonchev–Trinajstić information content (AvgIpc) is 3.08. The summed E-state index contributed by atoms with van der Waals surface area (Å²) in [5, 5.41) is 4.92. The molecular formula is C18H26ClN5S. The molecule has 5 nitrogen and oxygen atoms in total. The molecule has 2 aliphatic rings. The van der Waals surface area contributed by atoms with Crippen LogP contribution in [0.4, 0.5) is 11.5 Å². The Labute approximate surface area is 159 Å². The van der Waals surface area contributed by atoms with E-state index in [1.807, 2.05) is 29.7 Å². The predicted octanol–water partition coefficient (Wildman–Crippen LogP) is 3.50. The summed E-state index contributed by atoms with van der Waals surface area (Å²) in [4.78, 5) is 13.1. The Kier molecular flexibility index (Phi) is 6.15. The SMILES string of the molecule is Cl.Nc1ccc(NC2CCCN(Cc3nc4c(s3)CCC4)CC2)cn1. The monoisotopic (exact) mass is 379 g/mol. The number of nitrogens with zero attached hydrogens (tertiary/aromatic N) is 3. The first-order valence-corrected chi connectivity index (χ1v) is 9.76. The van der Waals surface area contributed by atoms with E-state index in [1.165, 1.54) is 54.2 Å². The zero-order valence-corrected chi connectivity index (χ0v) is 16.0. The van der Waals surface area contributed by atoms with Crippen LogP contribution < -0.4 is 11.1 Å². The zero-order chi connectivity index (χ0) is 16.4. The van der Waals surface area contributed by atoms with Gasteiger partial charge in [0.15, 0.2) is 0 Å². The van der Waals surface area contributed by atoms with Gasteiger partial charge in [0.1, 0.15) is 10.8 Å². The second kappa shape index (κ2) is 8.34. The number of likely N-dealkylation sites (tertiary alicyclic amines) is 1. The molecule has 1 unspecified atom stereocenters. The number of fused-ring (bicyclic) bond motifs is 1. The van der Waals surface area contributed by atoms with Gasteiger partial charge in [0.25, 0.3) is 0 Å². The summed E-state index contributed by atoms with van der Waals surface area (Å²) in [6.45, 7) is 3.32. The summed E-state index contributed by atoms with van der Waals surface area (Å²) in [7, 11) is 0. The Bertz CT molecular complexity index is 666. The molecule has 1 aliphatic heterocycles. The van der Waals surface area contributed by atoms with Gasteiger partial charge >= 0.3 is 0 Å². The fourth-order valence-electron chi connectivity index (χ4n) is 3.69. The molecular weight excluding hydrogens is 354 g/mol. The van der Waals surface area contributed by atoms with Crippen LogP contribution in [0.5, 0.6) is 0 Å². The summed E-state index contributed by atoms with van der Waals surface area (Å²) < 4.78 is 0. The van der Waals surface area contributed by atoms with Crippen LogP contribution in [-0.4, -0.2) is 34.0 Å². The van der Waals surface area contributed by atoms with Gasteiger partial charge in [0.2, 0.25) is 0 Å². The predicted molar refractivity (Wildman–Crippen MR) is 107 cm³/mol. The van der Waals surface area contributed by atoms with Crippen molar-refractivity contribution in [2.75, 3.05) is 24.1 Å². The van der Waals surface area contributed by atoms with Gasteiger partial charge in [-0.25, -0.2) is 9.97 Å². The second-order valence-electron chi connectivity index (χ2n) is 6.85. The first-order valence-electron chi connectivity index (χ1n) is 8.94. The van der Waals surface area contributed by atoms with Crippen LogP contribution in [0.3, 0.4) is 0 Å². The van der Waals surface area contributed by atoms with E-state index in [-0.39, 0.29) is 12.4 Å². The summed E-state index contributed by atoms with van der Waals surface area (Å²) in [6, 6.07) is 4.39. The highest BCUT2D eigenvalue weighted by molar-refractivity contribution is 7.11. The third-order valence-corrected chi connectivity index (χ3v) is 6.12. The van der Waals surface area contributed by atoms with Crippen molar-refractivity contribution in [2.24, 2.45) is 0 Å². The van der Waals surface area contributed by atoms with Gasteiger partial charge in [-0.1, -0.05) is 0 Å². The minimum atomic E-state index is 0. The number of thiazole rings is 1. The second-order valence-corrected chi connectivity index (χ2v) is 8.02. The van der Waals surface area contributed by atoms with E-state index in [4.69, 9.17) is 10.7 Å². The maximum atomic E-state index is 5.65. The zero-order valence-electron chi connectivity index (χ0n) is 14.4. The van der Waals surface area contributed by atoms with Crippen molar-refractivity contribution < 1.29 is 0 Å². The van der Waals surface area contributed by atoms with Crippen molar-refractivity contribution in [3.8, 4) is 0 Å². The van der Waals surface area contributed by atoms with Gasteiger partial charge in [-0.05, 0) is 57.2 Å². The van der Waals surface area contributed by atoms with E-state index in [1.54, 1.807) is 0 Å². The summed E-state index contributed by atoms with van der Waals surface area (Å²) >= 11 is 1.94. The van der Waals surface area contributed by atoms with Gasteiger partial charge < -0.3 is 11.1 Å². The molecule has 0 saturated carbocycles. The van der Waals surface area contributed by atoms with E-state index in [0.717, 1.165) is 25.2 Å². The number of halogens is 1. The van der Waals surface area contributed by atoms with Crippen molar-refractivity contribution in [3.63, 3.8) is 0 Å². The highest BCUT2D eigenvalue weighted by Gasteiger charge is 2.21. The Morgan fingerprint density at radius 1 is 1.20 bits per heavy atom. The number of pyridine rings is 1. The standard InChI is InChI=1S/C18H25N5S.ClH/c19-17-7-6-14(11-20-17)21-13-3-2-9-23(10-8-13)12-18-22-15-4-1-5-16(15)24-18;/h6-7,11,13,21H,1-5,8-10,12H2,(H2,19,20);1H. The van der Waals surface area contributed by atoms with Crippen LogP contribution in [-0.2, 0) is 19.4 Å². The molecule has 25 heavy (non-hydrogen) atoms. The molecule has 1 saturated heterocycles. The molecule has 136 valence electrons. The van der Waals surface area contributed by atoms with Gasteiger partial charge in [-0.3, -0.25) is 4.90 Å². The smallest absolute Gasteiger partial charge is 0.123 e. The summed E-state index contributed by atoms with van der Waals surface area (Å²) in [5.41, 5.74) is 8.10. The van der Waals surface area contributed by atoms with Gasteiger partial charge in [0, 0.05) is 17.5 Å². The number of hydrogen-bond donors (Lipinski definition) is 2. The summed E-state index contributed by atoms with van der Waals surface area (Å²) in [5.74, 6) is 0.572. The first-order chi connectivity index (χ1) is 11.8. The van der Waals surface area contributed by atoms with Crippen molar-refractivity contribution >= 4 is 35.2 Å². The van der Waals surface area contributed by atoms with E-state index in [2.05, 4.69) is 15.2 Å². The lowest BCUT2D eigenvalue weighted by atomic mass is 10.1. The first kappa shape index (κ1) is 18.4. The molecule has 3 N–H and O–H groups in total. The van der Waals surface area contributed by atoms with Gasteiger partial charge in [-0.15, -0.1) is 23.7 Å². The normalized spacial score (nSPS) is 20.6. The van der Waals surface area contributed by atoms with Crippen molar-refractivity contribution in [3.05, 3.63) is 33.9 Å². The number of rotatable bonds is 4. The number of aryl methyl sites for hydroxylation is 2. The molecule has 2 aromatic rings. The quantitative estimate of drug-likeness (QED) is 0.851. The van der Waals surface area contributed by atoms with Crippen molar-refractivity contribution in [1.29, 1.82) is 0 Å². The number of aromatic nitrogens is 2. The maximum absolute atomic E-state index is 5.65. The highest BCUT2D eigenvalue weighted by Crippen LogP contribution is 2.28. The highest BCUT2D eigenvalue weighted by atomic mass is 35.5. The van der Waals surface area contributed by atoms with Crippen molar-refractivity contribution in [1.82, 2.24) is 14.9 Å². The number of nitrogen functional groups attached to an aromatic ring is 1. The van der Waals surface area contributed by atoms with Gasteiger partial charge in [0.05, 0.1) is 24.1 Å². The Morgan fingerprint density at radius 2 is 2.12 bits per heavy atom. The van der Waals surface area contributed by atoms with E-state index in [0.29, 0.717) is 11.9 Å². The lowest BCUT2D eigenvalue weighted by Crippen LogP contribution is -2.26. The topological polar surface area (TPSA) is 67.1 Å². The largest absolute Gasteiger partial charge is 0.384 e. The number of anilines is 2. The molecule has 3 heterocycles. The maximum Gasteiger partial charge on any atom is 0.123 e. The molecule has 0 spiro atoms. The lowest BCUT2D eigenvalue weighted by molar-refractivity contribution is 0.275. The van der Waals surface area contributed by atoms with E-state index >= 15 is 0 Å². The third-order valence-electron chi connectivity index (χ3n) is 4.98. The molecule has 0 radical (unpaired) electrons. The van der Waals surface area contributed by atoms with Crippen LogP contribution in [0.1, 0.15) is 41.3 Å².